The molecule has 1 aromatic carbocycles. The van der Waals surface area contributed by atoms with Crippen molar-refractivity contribution in [2.75, 3.05) is 0 Å². The lowest BCUT2D eigenvalue weighted by Gasteiger charge is -2.05. The average molecular weight is 324 g/mol. The molecule has 0 bridgehead atoms. The van der Waals surface area contributed by atoms with Crippen LogP contribution < -0.4 is 0 Å². The van der Waals surface area contributed by atoms with Gasteiger partial charge in [-0.2, -0.15) is 0 Å². The highest BCUT2D eigenvalue weighted by Gasteiger charge is 2.12. The summed E-state index contributed by atoms with van der Waals surface area (Å²) in [5.41, 5.74) is 0.879. The van der Waals surface area contributed by atoms with Crippen LogP contribution in [0, 0.1) is 6.92 Å². The Morgan fingerprint density at radius 3 is 2.75 bits per heavy atom. The van der Waals surface area contributed by atoms with Gasteiger partial charge in [0.2, 0.25) is 0 Å². The second kappa shape index (κ2) is 5.24. The lowest BCUT2D eigenvalue weighted by molar-refractivity contribution is 0.0977. The van der Waals surface area contributed by atoms with Crippen molar-refractivity contribution in [2.24, 2.45) is 0 Å². The number of fused-ring (bicyclic) bond motifs is 1. The Morgan fingerprint density at radius 1 is 1.25 bits per heavy atom. The molecule has 2 heterocycles. The number of benzene rings is 1. The van der Waals surface area contributed by atoms with Crippen molar-refractivity contribution in [3.8, 4) is 0 Å². The normalized spacial score (nSPS) is 11.2. The van der Waals surface area contributed by atoms with Gasteiger partial charge in [-0.25, -0.2) is 0 Å². The molecule has 2 aromatic heterocycles. The summed E-state index contributed by atoms with van der Waals surface area (Å²) < 4.78 is 1.88. The second-order valence-electron chi connectivity index (χ2n) is 4.60. The van der Waals surface area contributed by atoms with Gasteiger partial charge in [0.05, 0.1) is 22.0 Å². The number of carbonyl (C=O) groups excluding carboxylic acids is 1. The fraction of sp³-hybridized carbons (Fsp3) is 0.133. The standard InChI is InChI=1S/C15H11Cl2NOS/c1-9-2-3-15(20-9)14(19)8-18-5-4-11-12(17)6-10(16)7-13(11)18/h2-7H,8H2,1H3. The van der Waals surface area contributed by atoms with Crippen LogP contribution in [-0.2, 0) is 6.54 Å². The van der Waals surface area contributed by atoms with Gasteiger partial charge in [0.15, 0.2) is 5.78 Å². The zero-order valence-corrected chi connectivity index (χ0v) is 13.0. The number of carbonyl (C=O) groups is 1. The quantitative estimate of drug-likeness (QED) is 0.607. The topological polar surface area (TPSA) is 22.0 Å². The van der Waals surface area contributed by atoms with Crippen LogP contribution in [0.25, 0.3) is 10.9 Å². The fourth-order valence-electron chi connectivity index (χ4n) is 2.17. The van der Waals surface area contributed by atoms with E-state index in [2.05, 4.69) is 0 Å². The predicted molar refractivity (Wildman–Crippen MR) is 85.3 cm³/mol. The van der Waals surface area contributed by atoms with E-state index in [4.69, 9.17) is 23.2 Å². The number of halogens is 2. The lowest BCUT2D eigenvalue weighted by atomic mass is 10.2. The van der Waals surface area contributed by atoms with Crippen molar-refractivity contribution in [1.82, 2.24) is 4.57 Å². The monoisotopic (exact) mass is 323 g/mol. The first-order valence-electron chi connectivity index (χ1n) is 6.08. The zero-order valence-electron chi connectivity index (χ0n) is 10.7. The molecular weight excluding hydrogens is 313 g/mol. The Morgan fingerprint density at radius 2 is 2.05 bits per heavy atom. The summed E-state index contributed by atoms with van der Waals surface area (Å²) in [7, 11) is 0. The van der Waals surface area contributed by atoms with Crippen LogP contribution in [0.2, 0.25) is 10.0 Å². The molecule has 0 saturated carbocycles. The Hall–Kier alpha value is -1.29. The van der Waals surface area contributed by atoms with E-state index in [0.29, 0.717) is 16.6 Å². The molecule has 0 radical (unpaired) electrons. The van der Waals surface area contributed by atoms with E-state index < -0.39 is 0 Å². The minimum Gasteiger partial charge on any atom is -0.340 e. The first-order valence-corrected chi connectivity index (χ1v) is 7.65. The third kappa shape index (κ3) is 2.49. The largest absolute Gasteiger partial charge is 0.340 e. The van der Waals surface area contributed by atoms with E-state index in [-0.39, 0.29) is 5.78 Å². The smallest absolute Gasteiger partial charge is 0.192 e. The third-order valence-corrected chi connectivity index (χ3v) is 4.70. The fourth-order valence-corrected chi connectivity index (χ4v) is 3.52. The maximum Gasteiger partial charge on any atom is 0.192 e. The number of Topliss-reactive ketones (excluding diaryl/α,β-unsaturated/α-hetero) is 1. The van der Waals surface area contributed by atoms with Crippen LogP contribution in [0.3, 0.4) is 0 Å². The Labute approximate surface area is 130 Å². The highest BCUT2D eigenvalue weighted by atomic mass is 35.5. The van der Waals surface area contributed by atoms with Crippen molar-refractivity contribution >= 4 is 51.2 Å². The van der Waals surface area contributed by atoms with Gasteiger partial charge in [-0.05, 0) is 37.3 Å². The molecule has 3 aromatic rings. The molecule has 0 aliphatic heterocycles. The minimum atomic E-state index is 0.0942. The molecule has 102 valence electrons. The van der Waals surface area contributed by atoms with Crippen LogP contribution in [0.15, 0.2) is 36.5 Å². The van der Waals surface area contributed by atoms with Gasteiger partial charge in [0.1, 0.15) is 0 Å². The first kappa shape index (κ1) is 13.7. The highest BCUT2D eigenvalue weighted by molar-refractivity contribution is 7.14. The number of aromatic nitrogens is 1. The molecule has 0 fully saturated rings. The van der Waals surface area contributed by atoms with Crippen molar-refractivity contribution in [2.45, 2.75) is 13.5 Å². The van der Waals surface area contributed by atoms with E-state index in [0.717, 1.165) is 20.7 Å². The van der Waals surface area contributed by atoms with Crippen molar-refractivity contribution in [1.29, 1.82) is 0 Å². The first-order chi connectivity index (χ1) is 9.54. The van der Waals surface area contributed by atoms with E-state index in [9.17, 15) is 4.79 Å². The molecule has 0 aliphatic rings. The summed E-state index contributed by atoms with van der Waals surface area (Å²) >= 11 is 13.7. The molecular formula is C15H11Cl2NOS. The average Bonchev–Trinajstić information content (AvgIpc) is 2.97. The summed E-state index contributed by atoms with van der Waals surface area (Å²) in [6, 6.07) is 9.27. The third-order valence-electron chi connectivity index (χ3n) is 3.13. The van der Waals surface area contributed by atoms with Crippen LogP contribution in [0.4, 0.5) is 0 Å². The predicted octanol–water partition coefficient (Wildman–Crippen LogP) is 5.20. The summed E-state index contributed by atoms with van der Waals surface area (Å²) in [6.45, 7) is 2.28. The minimum absolute atomic E-state index is 0.0942. The molecule has 20 heavy (non-hydrogen) atoms. The maximum absolute atomic E-state index is 12.3. The van der Waals surface area contributed by atoms with Crippen molar-refractivity contribution < 1.29 is 4.79 Å². The Kier molecular flexibility index (Phi) is 3.59. The van der Waals surface area contributed by atoms with E-state index in [1.54, 1.807) is 6.07 Å². The summed E-state index contributed by atoms with van der Waals surface area (Å²) in [6.07, 6.45) is 1.87. The van der Waals surface area contributed by atoms with Gasteiger partial charge in [-0.3, -0.25) is 4.79 Å². The Balaban J connectivity index is 1.97. The van der Waals surface area contributed by atoms with Gasteiger partial charge >= 0.3 is 0 Å². The molecule has 0 spiro atoms. The molecule has 0 unspecified atom stereocenters. The number of rotatable bonds is 3. The van der Waals surface area contributed by atoms with Gasteiger partial charge in [0.25, 0.3) is 0 Å². The second-order valence-corrected chi connectivity index (χ2v) is 6.73. The summed E-state index contributed by atoms with van der Waals surface area (Å²) in [5, 5.41) is 2.08. The van der Waals surface area contributed by atoms with Crippen LogP contribution in [-0.4, -0.2) is 10.4 Å². The van der Waals surface area contributed by atoms with Crippen LogP contribution in [0.1, 0.15) is 14.5 Å². The molecule has 3 rings (SSSR count). The van der Waals surface area contributed by atoms with Gasteiger partial charge in [-0.15, -0.1) is 11.3 Å². The number of ketones is 1. The molecule has 2 nitrogen and oxygen atoms in total. The van der Waals surface area contributed by atoms with E-state index in [1.165, 1.54) is 11.3 Å². The molecule has 0 saturated heterocycles. The number of thiophene rings is 1. The van der Waals surface area contributed by atoms with Crippen molar-refractivity contribution in [3.63, 3.8) is 0 Å². The van der Waals surface area contributed by atoms with Crippen molar-refractivity contribution in [3.05, 3.63) is 56.3 Å². The molecule has 5 heteroatoms. The van der Waals surface area contributed by atoms with Crippen LogP contribution >= 0.6 is 34.5 Å². The lowest BCUT2D eigenvalue weighted by Crippen LogP contribution is -2.07. The van der Waals surface area contributed by atoms with Gasteiger partial charge in [-0.1, -0.05) is 23.2 Å². The van der Waals surface area contributed by atoms with E-state index in [1.807, 2.05) is 42.0 Å². The highest BCUT2D eigenvalue weighted by Crippen LogP contribution is 2.29. The molecule has 0 atom stereocenters. The Bertz CT molecular complexity index is 803. The van der Waals surface area contributed by atoms with Crippen LogP contribution in [0.5, 0.6) is 0 Å². The maximum atomic E-state index is 12.3. The molecule has 0 amide bonds. The number of aryl methyl sites for hydroxylation is 1. The summed E-state index contributed by atoms with van der Waals surface area (Å²) in [5.74, 6) is 0.0942. The zero-order chi connectivity index (χ0) is 14.3. The van der Waals surface area contributed by atoms with Gasteiger partial charge < -0.3 is 4.57 Å². The van der Waals surface area contributed by atoms with Gasteiger partial charge in [0, 0.05) is 21.5 Å². The SMILES string of the molecule is Cc1ccc(C(=O)Cn2ccc3c(Cl)cc(Cl)cc32)s1. The number of hydrogen-bond acceptors (Lipinski definition) is 2. The number of nitrogens with zero attached hydrogens (tertiary/aromatic N) is 1. The molecule has 0 N–H and O–H groups in total. The molecule has 0 aliphatic carbocycles. The van der Waals surface area contributed by atoms with E-state index >= 15 is 0 Å². The number of hydrogen-bond donors (Lipinski definition) is 0. The summed E-state index contributed by atoms with van der Waals surface area (Å²) in [4.78, 5) is 14.2.